The van der Waals surface area contributed by atoms with Crippen LogP contribution in [0.25, 0.3) is 0 Å². The van der Waals surface area contributed by atoms with Crippen LogP contribution in [-0.2, 0) is 26.9 Å². The fourth-order valence-corrected chi connectivity index (χ4v) is 7.94. The number of methoxy groups -OCH3 is 2. The predicted octanol–water partition coefficient (Wildman–Crippen LogP) is 4.88. The van der Waals surface area contributed by atoms with E-state index in [0.717, 1.165) is 16.3 Å². The lowest BCUT2D eigenvalue weighted by atomic mass is 9.80. The van der Waals surface area contributed by atoms with Crippen molar-refractivity contribution in [2.75, 3.05) is 32.1 Å². The Labute approximate surface area is 255 Å². The van der Waals surface area contributed by atoms with Crippen LogP contribution >= 0.6 is 11.6 Å². The summed E-state index contributed by atoms with van der Waals surface area (Å²) in [4.78, 5) is 21.7. The first-order chi connectivity index (χ1) is 20.8. The molecule has 2 aliphatic heterocycles. The Morgan fingerprint density at radius 1 is 1.07 bits per heavy atom. The summed E-state index contributed by atoms with van der Waals surface area (Å²) in [6.07, 6.45) is 4.43. The third kappa shape index (κ3) is 4.58. The summed E-state index contributed by atoms with van der Waals surface area (Å²) >= 11 is 6.61. The zero-order valence-corrected chi connectivity index (χ0v) is 25.5. The number of hydrogen-bond donors (Lipinski definition) is 1. The molecule has 3 heterocycles. The molecule has 0 spiro atoms. The number of amides is 1. The molecular weight excluding hydrogens is 592 g/mol. The molecule has 224 valence electrons. The van der Waals surface area contributed by atoms with Gasteiger partial charge in [0, 0.05) is 29.2 Å². The summed E-state index contributed by atoms with van der Waals surface area (Å²) in [5.41, 5.74) is 0.383. The lowest BCUT2D eigenvalue weighted by Crippen LogP contribution is -2.54. The van der Waals surface area contributed by atoms with Crippen LogP contribution in [0.15, 0.2) is 82.4 Å². The van der Waals surface area contributed by atoms with Gasteiger partial charge >= 0.3 is 0 Å². The van der Waals surface area contributed by atoms with Crippen LogP contribution in [0.3, 0.4) is 0 Å². The van der Waals surface area contributed by atoms with Gasteiger partial charge < -0.3 is 19.2 Å². The van der Waals surface area contributed by atoms with Crippen molar-refractivity contribution in [1.82, 2.24) is 15.2 Å². The Hall–Kier alpha value is -3.90. The van der Waals surface area contributed by atoms with E-state index in [9.17, 15) is 8.42 Å². The van der Waals surface area contributed by atoms with E-state index in [1.807, 2.05) is 24.1 Å². The molecule has 2 atom stereocenters. The summed E-state index contributed by atoms with van der Waals surface area (Å²) in [7, 11) is 0.468. The maximum atomic E-state index is 15.3. The number of ether oxygens (including phenoxy) is 2. The number of benzene rings is 3. The largest absolute Gasteiger partial charge is 0.497 e. The quantitative estimate of drug-likeness (QED) is 0.279. The Kier molecular flexibility index (Phi) is 7.67. The lowest BCUT2D eigenvalue weighted by molar-refractivity contribution is -0.127. The number of sulfonamides is 1. The smallest absolute Gasteiger partial charge is 0.271 e. The van der Waals surface area contributed by atoms with Gasteiger partial charge in [-0.3, -0.25) is 9.69 Å². The molecule has 2 aliphatic rings. The van der Waals surface area contributed by atoms with Gasteiger partial charge in [0.1, 0.15) is 17.8 Å². The van der Waals surface area contributed by atoms with E-state index in [0.29, 0.717) is 53.0 Å². The van der Waals surface area contributed by atoms with Crippen molar-refractivity contribution in [1.29, 1.82) is 0 Å². The Morgan fingerprint density at radius 2 is 1.86 bits per heavy atom. The highest BCUT2D eigenvalue weighted by molar-refractivity contribution is 7.93. The van der Waals surface area contributed by atoms with Crippen molar-refractivity contribution >= 4 is 33.2 Å². The number of anilines is 1. The van der Waals surface area contributed by atoms with Crippen LogP contribution in [0.4, 0.5) is 5.69 Å². The molecule has 6 rings (SSSR count). The van der Waals surface area contributed by atoms with Gasteiger partial charge in [-0.05, 0) is 80.1 Å². The summed E-state index contributed by atoms with van der Waals surface area (Å²) in [6.45, 7) is 0.973. The van der Waals surface area contributed by atoms with E-state index >= 15 is 4.79 Å². The third-order valence-electron chi connectivity index (χ3n) is 8.11. The average molecular weight is 623 g/mol. The minimum Gasteiger partial charge on any atom is -0.497 e. The molecule has 0 radical (unpaired) electrons. The number of oxazole rings is 1. The second-order valence-corrected chi connectivity index (χ2v) is 12.6. The zero-order valence-electron chi connectivity index (χ0n) is 23.9. The van der Waals surface area contributed by atoms with Gasteiger partial charge in [-0.15, -0.1) is 0 Å². The maximum Gasteiger partial charge on any atom is 0.271 e. The molecule has 0 saturated carbocycles. The summed E-state index contributed by atoms with van der Waals surface area (Å²) in [5, 5.41) is 3.51. The van der Waals surface area contributed by atoms with Crippen molar-refractivity contribution in [2.24, 2.45) is 0 Å². The van der Waals surface area contributed by atoms with Crippen LogP contribution in [0.5, 0.6) is 11.5 Å². The Balaban J connectivity index is 1.67. The number of carbonyl (C=O) groups excluding carboxylic acids is 1. The van der Waals surface area contributed by atoms with E-state index in [4.69, 9.17) is 25.5 Å². The number of rotatable bonds is 9. The van der Waals surface area contributed by atoms with E-state index in [2.05, 4.69) is 10.3 Å². The summed E-state index contributed by atoms with van der Waals surface area (Å²) in [5.74, 6) is 0.694. The molecule has 43 heavy (non-hydrogen) atoms. The highest BCUT2D eigenvalue weighted by atomic mass is 35.5. The number of carbonyl (C=O) groups is 1. The average Bonchev–Trinajstić information content (AvgIpc) is 3.76. The molecule has 1 amide bonds. The van der Waals surface area contributed by atoms with Gasteiger partial charge in [0.15, 0.2) is 5.54 Å². The molecule has 1 N–H and O–H groups in total. The highest BCUT2D eigenvalue weighted by Gasteiger charge is 2.62. The number of likely N-dealkylation sites (tertiary alicyclic amines) is 1. The molecule has 1 aromatic heterocycles. The van der Waals surface area contributed by atoms with Crippen molar-refractivity contribution in [3.63, 3.8) is 0 Å². The van der Waals surface area contributed by atoms with Crippen LogP contribution in [0.1, 0.15) is 41.5 Å². The normalized spacial score (nSPS) is 20.4. The van der Waals surface area contributed by atoms with Crippen LogP contribution in [-0.4, -0.2) is 52.0 Å². The molecule has 1 fully saturated rings. The minimum absolute atomic E-state index is 0.0556. The highest BCUT2D eigenvalue weighted by Crippen LogP contribution is 2.56. The first kappa shape index (κ1) is 29.2. The Morgan fingerprint density at radius 3 is 2.53 bits per heavy atom. The second-order valence-electron chi connectivity index (χ2n) is 10.4. The molecule has 0 bridgehead atoms. The maximum absolute atomic E-state index is 15.3. The van der Waals surface area contributed by atoms with Crippen molar-refractivity contribution in [3.05, 3.63) is 101 Å². The topological polar surface area (TPSA) is 114 Å². The molecule has 12 heteroatoms. The number of nitrogens with zero attached hydrogens (tertiary/aromatic N) is 3. The van der Waals surface area contributed by atoms with Crippen molar-refractivity contribution < 1.29 is 27.1 Å². The van der Waals surface area contributed by atoms with Gasteiger partial charge in [-0.1, -0.05) is 17.7 Å². The first-order valence-corrected chi connectivity index (χ1v) is 15.6. The Bertz CT molecular complexity index is 1760. The SMILES string of the molecule is CNCc1ccc(OC)c([C@@]2(N3CCC[C@H]3c3ncco3)C(=O)N(S(=O)(=O)c3ccc(OC)cc3)c3ccc(Cl)cc32)c1. The van der Waals surface area contributed by atoms with Gasteiger partial charge in [-0.2, -0.15) is 0 Å². The molecular formula is C31H31ClN4O6S. The number of hydrogen-bond acceptors (Lipinski definition) is 9. The number of aromatic nitrogens is 1. The van der Waals surface area contributed by atoms with Crippen LogP contribution in [0.2, 0.25) is 5.02 Å². The van der Waals surface area contributed by atoms with E-state index in [1.54, 1.807) is 42.6 Å². The van der Waals surface area contributed by atoms with Gasteiger partial charge in [0.25, 0.3) is 15.9 Å². The van der Waals surface area contributed by atoms with Gasteiger partial charge in [0.05, 0.1) is 37.0 Å². The zero-order chi connectivity index (χ0) is 30.4. The summed E-state index contributed by atoms with van der Waals surface area (Å²) < 4.78 is 46.6. The molecule has 1 saturated heterocycles. The number of fused-ring (bicyclic) bond motifs is 1. The molecule has 10 nitrogen and oxygen atoms in total. The first-order valence-electron chi connectivity index (χ1n) is 13.8. The number of halogens is 1. The fraction of sp³-hybridized carbons (Fsp3) is 0.290. The van der Waals surface area contributed by atoms with Crippen LogP contribution < -0.4 is 19.1 Å². The lowest BCUT2D eigenvalue weighted by Gasteiger charge is -2.41. The second kappa shape index (κ2) is 11.3. The third-order valence-corrected chi connectivity index (χ3v) is 10.1. The van der Waals surface area contributed by atoms with Crippen molar-refractivity contribution in [2.45, 2.75) is 35.9 Å². The predicted molar refractivity (Wildman–Crippen MR) is 161 cm³/mol. The van der Waals surface area contributed by atoms with Crippen LogP contribution in [0, 0.1) is 0 Å². The van der Waals surface area contributed by atoms with Gasteiger partial charge in [0.2, 0.25) is 5.89 Å². The van der Waals surface area contributed by atoms with E-state index < -0.39 is 27.5 Å². The van der Waals surface area contributed by atoms with E-state index in [-0.39, 0.29) is 10.6 Å². The standard InChI is InChI=1S/C31H31ClN4O6S/c1-33-19-20-6-13-28(41-3)25(17-20)31(35-15-4-5-27(35)29-34-14-16-42-29)24-18-21(32)7-12-26(24)36(30(31)37)43(38,39)23-10-8-22(40-2)9-11-23/h6-14,16-18,27,33H,4-5,15,19H2,1-3H3/t27-,31+/m0/s1. The molecule has 3 aromatic carbocycles. The number of nitrogens with one attached hydrogen (secondary N) is 1. The fourth-order valence-electron chi connectivity index (χ4n) is 6.31. The minimum atomic E-state index is -4.39. The van der Waals surface area contributed by atoms with Gasteiger partial charge in [-0.25, -0.2) is 17.7 Å². The summed E-state index contributed by atoms with van der Waals surface area (Å²) in [6, 6.07) is 16.0. The molecule has 4 aromatic rings. The monoisotopic (exact) mass is 622 g/mol. The molecule has 0 aliphatic carbocycles. The molecule has 0 unspecified atom stereocenters. The van der Waals surface area contributed by atoms with E-state index in [1.165, 1.54) is 32.6 Å². The van der Waals surface area contributed by atoms with Crippen molar-refractivity contribution in [3.8, 4) is 11.5 Å².